The summed E-state index contributed by atoms with van der Waals surface area (Å²) >= 11 is 0. The normalized spacial score (nSPS) is 19.2. The fraction of sp³-hybridized carbons (Fsp3) is 0.692. The van der Waals surface area contributed by atoms with E-state index in [1.807, 2.05) is 16.9 Å². The van der Waals surface area contributed by atoms with Gasteiger partial charge in [0.25, 0.3) is 0 Å². The average Bonchev–Trinajstić information content (AvgIpc) is 2.97. The monoisotopic (exact) mass is 409 g/mol. The first-order chi connectivity index (χ1) is 9.83. The lowest BCUT2D eigenvalue weighted by atomic mass is 10.3. The largest absolute Gasteiger partial charge is 0.382 e. The summed E-state index contributed by atoms with van der Waals surface area (Å²) in [7, 11) is 3.50. The number of halogens is 1. The maximum Gasteiger partial charge on any atom is 0.193 e. The van der Waals surface area contributed by atoms with Crippen LogP contribution in [0.2, 0.25) is 0 Å². The highest BCUT2D eigenvalue weighted by Gasteiger charge is 2.22. The number of hydrogen-bond donors (Lipinski definition) is 1. The van der Waals surface area contributed by atoms with Gasteiger partial charge in [0.2, 0.25) is 0 Å². The van der Waals surface area contributed by atoms with E-state index in [-0.39, 0.29) is 30.1 Å². The Balaban J connectivity index is 0.00000220. The molecule has 0 aromatic carbocycles. The van der Waals surface area contributed by atoms with Crippen molar-refractivity contribution in [2.45, 2.75) is 12.6 Å². The van der Waals surface area contributed by atoms with Crippen LogP contribution in [0.4, 0.5) is 0 Å². The minimum absolute atomic E-state index is 0. The van der Waals surface area contributed by atoms with Gasteiger partial charge >= 0.3 is 0 Å². The van der Waals surface area contributed by atoms with Gasteiger partial charge in [-0.3, -0.25) is 9.67 Å². The summed E-state index contributed by atoms with van der Waals surface area (Å²) in [6, 6.07) is 1.92. The molecule has 1 aromatic rings. The Labute approximate surface area is 142 Å². The fourth-order valence-electron chi connectivity index (χ4n) is 2.25. The van der Waals surface area contributed by atoms with Gasteiger partial charge in [0.15, 0.2) is 5.96 Å². The molecule has 21 heavy (non-hydrogen) atoms. The van der Waals surface area contributed by atoms with Crippen molar-refractivity contribution in [1.29, 1.82) is 0 Å². The predicted molar refractivity (Wildman–Crippen MR) is 92.2 cm³/mol. The van der Waals surface area contributed by atoms with Crippen LogP contribution in [0.5, 0.6) is 0 Å². The second-order valence-electron chi connectivity index (χ2n) is 4.64. The van der Waals surface area contributed by atoms with Crippen LogP contribution in [-0.4, -0.2) is 73.7 Å². The number of morpholine rings is 1. The smallest absolute Gasteiger partial charge is 0.193 e. The SMILES string of the molecule is CN=C(NCCn1cccn1)N1CCOC(COC)C1.I. The zero-order valence-electron chi connectivity index (χ0n) is 12.6. The van der Waals surface area contributed by atoms with Gasteiger partial charge in [0.1, 0.15) is 0 Å². The summed E-state index contributed by atoms with van der Waals surface area (Å²) in [4.78, 5) is 6.54. The van der Waals surface area contributed by atoms with E-state index < -0.39 is 0 Å². The summed E-state index contributed by atoms with van der Waals surface area (Å²) in [5.74, 6) is 0.904. The predicted octanol–water partition coefficient (Wildman–Crippen LogP) is 0.424. The van der Waals surface area contributed by atoms with Crippen molar-refractivity contribution in [2.75, 3.05) is 47.0 Å². The number of hydrogen-bond acceptors (Lipinski definition) is 4. The molecular weight excluding hydrogens is 385 g/mol. The van der Waals surface area contributed by atoms with Gasteiger partial charge in [-0.15, -0.1) is 24.0 Å². The molecule has 0 bridgehead atoms. The summed E-state index contributed by atoms with van der Waals surface area (Å²) < 4.78 is 12.7. The van der Waals surface area contributed by atoms with Gasteiger partial charge in [0, 0.05) is 46.2 Å². The molecule has 1 saturated heterocycles. The zero-order chi connectivity index (χ0) is 14.2. The Morgan fingerprint density at radius 1 is 1.57 bits per heavy atom. The Bertz CT molecular complexity index is 411. The Morgan fingerprint density at radius 2 is 2.43 bits per heavy atom. The molecule has 120 valence electrons. The Morgan fingerprint density at radius 3 is 3.10 bits per heavy atom. The third-order valence-electron chi connectivity index (χ3n) is 3.19. The summed E-state index contributed by atoms with van der Waals surface area (Å²) in [6.07, 6.45) is 3.85. The van der Waals surface area contributed by atoms with Crippen LogP contribution in [0.1, 0.15) is 0 Å². The molecule has 1 aliphatic heterocycles. The highest BCUT2D eigenvalue weighted by atomic mass is 127. The minimum atomic E-state index is 0. The van der Waals surface area contributed by atoms with Crippen LogP contribution in [0, 0.1) is 0 Å². The Kier molecular flexibility index (Phi) is 8.62. The summed E-state index contributed by atoms with van der Waals surface area (Å²) in [5.41, 5.74) is 0. The van der Waals surface area contributed by atoms with Gasteiger partial charge in [-0.2, -0.15) is 5.10 Å². The van der Waals surface area contributed by atoms with Crippen molar-refractivity contribution >= 4 is 29.9 Å². The van der Waals surface area contributed by atoms with Crippen LogP contribution in [0.25, 0.3) is 0 Å². The zero-order valence-corrected chi connectivity index (χ0v) is 14.9. The molecule has 1 aromatic heterocycles. The molecule has 0 radical (unpaired) electrons. The van der Waals surface area contributed by atoms with Gasteiger partial charge in [-0.1, -0.05) is 0 Å². The van der Waals surface area contributed by atoms with E-state index in [1.54, 1.807) is 20.4 Å². The van der Waals surface area contributed by atoms with Crippen LogP contribution in [0.15, 0.2) is 23.5 Å². The second kappa shape index (κ2) is 9.96. The number of aromatic nitrogens is 2. The summed E-state index contributed by atoms with van der Waals surface area (Å²) in [6.45, 7) is 4.57. The maximum absolute atomic E-state index is 5.64. The van der Waals surface area contributed by atoms with E-state index in [2.05, 4.69) is 20.3 Å². The number of aliphatic imine (C=N–C) groups is 1. The molecule has 0 aliphatic carbocycles. The molecule has 1 fully saturated rings. The molecule has 1 atom stereocenters. The molecule has 8 heteroatoms. The number of nitrogens with zero attached hydrogens (tertiary/aromatic N) is 4. The van der Waals surface area contributed by atoms with E-state index in [9.17, 15) is 0 Å². The highest BCUT2D eigenvalue weighted by molar-refractivity contribution is 14.0. The van der Waals surface area contributed by atoms with E-state index >= 15 is 0 Å². The standard InChI is InChI=1S/C13H23N5O2.HI/c1-14-13(15-5-7-18-6-3-4-16-18)17-8-9-20-12(10-17)11-19-2;/h3-4,6,12H,5,7-11H2,1-2H3,(H,14,15);1H. The molecule has 0 saturated carbocycles. The maximum atomic E-state index is 5.64. The lowest BCUT2D eigenvalue weighted by Crippen LogP contribution is -2.51. The molecule has 7 nitrogen and oxygen atoms in total. The average molecular weight is 409 g/mol. The fourth-order valence-corrected chi connectivity index (χ4v) is 2.25. The van der Waals surface area contributed by atoms with Crippen LogP contribution in [-0.2, 0) is 16.0 Å². The van der Waals surface area contributed by atoms with E-state index in [0.717, 1.165) is 32.1 Å². The molecule has 2 rings (SSSR count). The quantitative estimate of drug-likeness (QED) is 0.434. The van der Waals surface area contributed by atoms with Crippen LogP contribution in [0.3, 0.4) is 0 Å². The van der Waals surface area contributed by atoms with Gasteiger partial charge in [0.05, 0.1) is 25.9 Å². The number of nitrogens with one attached hydrogen (secondary N) is 1. The number of rotatable bonds is 5. The lowest BCUT2D eigenvalue weighted by Gasteiger charge is -2.34. The molecule has 0 spiro atoms. The Hall–Kier alpha value is -0.870. The second-order valence-corrected chi connectivity index (χ2v) is 4.64. The summed E-state index contributed by atoms with van der Waals surface area (Å²) in [5, 5.41) is 7.53. The first-order valence-electron chi connectivity index (χ1n) is 6.87. The molecule has 1 aliphatic rings. The van der Waals surface area contributed by atoms with Gasteiger partial charge in [-0.25, -0.2) is 0 Å². The number of ether oxygens (including phenoxy) is 2. The highest BCUT2D eigenvalue weighted by Crippen LogP contribution is 2.05. The third-order valence-corrected chi connectivity index (χ3v) is 3.19. The first-order valence-corrected chi connectivity index (χ1v) is 6.87. The van der Waals surface area contributed by atoms with E-state index in [1.165, 1.54) is 0 Å². The van der Waals surface area contributed by atoms with Crippen LogP contribution < -0.4 is 5.32 Å². The van der Waals surface area contributed by atoms with Crippen molar-refractivity contribution in [1.82, 2.24) is 20.0 Å². The van der Waals surface area contributed by atoms with Gasteiger partial charge < -0.3 is 19.7 Å². The van der Waals surface area contributed by atoms with Crippen molar-refractivity contribution < 1.29 is 9.47 Å². The van der Waals surface area contributed by atoms with Gasteiger partial charge in [-0.05, 0) is 6.07 Å². The number of guanidine groups is 1. The molecule has 2 heterocycles. The molecule has 0 amide bonds. The van der Waals surface area contributed by atoms with Crippen molar-refractivity contribution in [3.05, 3.63) is 18.5 Å². The minimum Gasteiger partial charge on any atom is -0.382 e. The number of methoxy groups -OCH3 is 1. The van der Waals surface area contributed by atoms with E-state index in [4.69, 9.17) is 9.47 Å². The third kappa shape index (κ3) is 5.79. The van der Waals surface area contributed by atoms with Crippen molar-refractivity contribution in [2.24, 2.45) is 4.99 Å². The van der Waals surface area contributed by atoms with E-state index in [0.29, 0.717) is 13.2 Å². The topological polar surface area (TPSA) is 63.9 Å². The van der Waals surface area contributed by atoms with Crippen molar-refractivity contribution in [3.8, 4) is 0 Å². The lowest BCUT2D eigenvalue weighted by molar-refractivity contribution is -0.0447. The van der Waals surface area contributed by atoms with Crippen molar-refractivity contribution in [3.63, 3.8) is 0 Å². The molecular formula is C13H24IN5O2. The molecule has 1 N–H and O–H groups in total. The van der Waals surface area contributed by atoms with Crippen LogP contribution >= 0.6 is 24.0 Å². The molecule has 1 unspecified atom stereocenters. The first kappa shape index (κ1) is 18.2.